The van der Waals surface area contributed by atoms with Gasteiger partial charge in [-0.25, -0.2) is 0 Å². The molecule has 0 saturated heterocycles. The van der Waals surface area contributed by atoms with E-state index in [1.54, 1.807) is 4.90 Å². The van der Waals surface area contributed by atoms with Gasteiger partial charge in [-0.15, -0.1) is 0 Å². The van der Waals surface area contributed by atoms with Crippen molar-refractivity contribution in [3.05, 3.63) is 0 Å². The average molecular weight is 270 g/mol. The van der Waals surface area contributed by atoms with Gasteiger partial charge in [0.25, 0.3) is 0 Å². The predicted molar refractivity (Wildman–Crippen MR) is 78.7 cm³/mol. The largest absolute Gasteiger partial charge is 0.353 e. The standard InChI is InChI=1S/C15H30N2O2/c1-10(2)14(18)16-13(6)9-8-12(5)15(19)17(7)11(3)4/h10-13H,8-9H2,1-7H3,(H,16,18). The summed E-state index contributed by atoms with van der Waals surface area (Å²) in [6, 6.07) is 0.350. The monoisotopic (exact) mass is 270 g/mol. The molecule has 0 aromatic heterocycles. The van der Waals surface area contributed by atoms with Crippen LogP contribution in [0, 0.1) is 11.8 Å². The maximum atomic E-state index is 12.1. The Labute approximate surface area is 117 Å². The summed E-state index contributed by atoms with van der Waals surface area (Å²) in [5, 5.41) is 2.96. The molecule has 4 heteroatoms. The SMILES string of the molecule is CC(CCC(C)C(=O)N(C)C(C)C)NC(=O)C(C)C. The summed E-state index contributed by atoms with van der Waals surface area (Å²) in [5.41, 5.74) is 0. The zero-order valence-corrected chi connectivity index (χ0v) is 13.5. The minimum Gasteiger partial charge on any atom is -0.353 e. The van der Waals surface area contributed by atoms with Crippen molar-refractivity contribution in [2.75, 3.05) is 7.05 Å². The van der Waals surface area contributed by atoms with Gasteiger partial charge in [0.15, 0.2) is 0 Å². The zero-order chi connectivity index (χ0) is 15.2. The molecule has 0 radical (unpaired) electrons. The van der Waals surface area contributed by atoms with Crippen LogP contribution in [-0.2, 0) is 9.59 Å². The minimum absolute atomic E-state index is 0.00537. The third kappa shape index (κ3) is 6.60. The zero-order valence-electron chi connectivity index (χ0n) is 13.5. The molecule has 0 aliphatic carbocycles. The van der Waals surface area contributed by atoms with Crippen LogP contribution in [0.1, 0.15) is 54.4 Å². The van der Waals surface area contributed by atoms with Crippen molar-refractivity contribution in [1.29, 1.82) is 0 Å². The van der Waals surface area contributed by atoms with Crippen LogP contribution in [-0.4, -0.2) is 35.8 Å². The third-order valence-electron chi connectivity index (χ3n) is 3.49. The van der Waals surface area contributed by atoms with Crippen LogP contribution in [0.5, 0.6) is 0 Å². The van der Waals surface area contributed by atoms with Gasteiger partial charge >= 0.3 is 0 Å². The molecule has 19 heavy (non-hydrogen) atoms. The molecule has 2 amide bonds. The topological polar surface area (TPSA) is 49.4 Å². The summed E-state index contributed by atoms with van der Waals surface area (Å²) in [7, 11) is 1.84. The highest BCUT2D eigenvalue weighted by molar-refractivity contribution is 5.79. The van der Waals surface area contributed by atoms with Crippen molar-refractivity contribution in [3.63, 3.8) is 0 Å². The smallest absolute Gasteiger partial charge is 0.225 e. The Morgan fingerprint density at radius 3 is 1.95 bits per heavy atom. The molecule has 112 valence electrons. The lowest BCUT2D eigenvalue weighted by molar-refractivity contribution is -0.135. The van der Waals surface area contributed by atoms with E-state index in [4.69, 9.17) is 0 Å². The maximum absolute atomic E-state index is 12.1. The van der Waals surface area contributed by atoms with Crippen molar-refractivity contribution >= 4 is 11.8 Å². The number of nitrogens with zero attached hydrogens (tertiary/aromatic N) is 1. The molecule has 4 nitrogen and oxygen atoms in total. The highest BCUT2D eigenvalue weighted by atomic mass is 16.2. The van der Waals surface area contributed by atoms with Crippen molar-refractivity contribution in [1.82, 2.24) is 10.2 Å². The van der Waals surface area contributed by atoms with Crippen molar-refractivity contribution in [3.8, 4) is 0 Å². The van der Waals surface area contributed by atoms with Gasteiger partial charge in [0, 0.05) is 31.0 Å². The first kappa shape index (κ1) is 17.9. The second kappa shape index (κ2) is 8.18. The lowest BCUT2D eigenvalue weighted by atomic mass is 10.00. The molecule has 2 unspecified atom stereocenters. The predicted octanol–water partition coefficient (Wildman–Crippen LogP) is 2.43. The van der Waals surface area contributed by atoms with Gasteiger partial charge < -0.3 is 10.2 Å². The third-order valence-corrected chi connectivity index (χ3v) is 3.49. The summed E-state index contributed by atoms with van der Waals surface area (Å²) in [6.45, 7) is 11.7. The molecular weight excluding hydrogens is 240 g/mol. The van der Waals surface area contributed by atoms with E-state index in [-0.39, 0.29) is 35.7 Å². The molecule has 0 aromatic rings. The molecule has 0 bridgehead atoms. The second-order valence-corrected chi connectivity index (χ2v) is 6.09. The van der Waals surface area contributed by atoms with E-state index in [9.17, 15) is 9.59 Å². The van der Waals surface area contributed by atoms with Crippen LogP contribution in [0.4, 0.5) is 0 Å². The Balaban J connectivity index is 4.12. The van der Waals surface area contributed by atoms with E-state index in [0.717, 1.165) is 12.8 Å². The first-order valence-corrected chi connectivity index (χ1v) is 7.23. The van der Waals surface area contributed by atoms with Gasteiger partial charge in [-0.3, -0.25) is 9.59 Å². The Bertz CT molecular complexity index is 301. The summed E-state index contributed by atoms with van der Waals surface area (Å²) >= 11 is 0. The summed E-state index contributed by atoms with van der Waals surface area (Å²) in [5.74, 6) is 0.266. The fraction of sp³-hybridized carbons (Fsp3) is 0.867. The number of rotatable bonds is 7. The molecule has 0 spiro atoms. The lowest BCUT2D eigenvalue weighted by Gasteiger charge is -2.25. The van der Waals surface area contributed by atoms with Crippen molar-refractivity contribution in [2.24, 2.45) is 11.8 Å². The number of nitrogens with one attached hydrogen (secondary N) is 1. The number of hydrogen-bond donors (Lipinski definition) is 1. The highest BCUT2D eigenvalue weighted by Crippen LogP contribution is 2.12. The molecule has 1 N–H and O–H groups in total. The number of amides is 2. The summed E-state index contributed by atoms with van der Waals surface area (Å²) < 4.78 is 0. The normalized spacial score (nSPS) is 14.4. The summed E-state index contributed by atoms with van der Waals surface area (Å²) in [6.07, 6.45) is 1.63. The van der Waals surface area contributed by atoms with Gasteiger partial charge in [0.2, 0.25) is 11.8 Å². The van der Waals surface area contributed by atoms with Crippen LogP contribution in [0.3, 0.4) is 0 Å². The Morgan fingerprint density at radius 1 is 1.00 bits per heavy atom. The average Bonchev–Trinajstić information content (AvgIpc) is 2.33. The van der Waals surface area contributed by atoms with Crippen LogP contribution in [0.15, 0.2) is 0 Å². The Kier molecular flexibility index (Phi) is 7.72. The van der Waals surface area contributed by atoms with Crippen LogP contribution in [0.2, 0.25) is 0 Å². The van der Waals surface area contributed by atoms with E-state index >= 15 is 0 Å². The van der Waals surface area contributed by atoms with Gasteiger partial charge in [-0.05, 0) is 33.6 Å². The van der Waals surface area contributed by atoms with Gasteiger partial charge in [0.05, 0.1) is 0 Å². The lowest BCUT2D eigenvalue weighted by Crippen LogP contribution is -2.38. The van der Waals surface area contributed by atoms with E-state index in [1.807, 2.05) is 48.6 Å². The molecule has 0 fully saturated rings. The quantitative estimate of drug-likeness (QED) is 0.772. The van der Waals surface area contributed by atoms with Crippen LogP contribution in [0.25, 0.3) is 0 Å². The number of carbonyl (C=O) groups is 2. The van der Waals surface area contributed by atoms with Crippen molar-refractivity contribution in [2.45, 2.75) is 66.5 Å². The van der Waals surface area contributed by atoms with Crippen LogP contribution >= 0.6 is 0 Å². The van der Waals surface area contributed by atoms with Gasteiger partial charge in [-0.1, -0.05) is 20.8 Å². The molecule has 2 atom stereocenters. The Hall–Kier alpha value is -1.06. The van der Waals surface area contributed by atoms with Crippen molar-refractivity contribution < 1.29 is 9.59 Å². The fourth-order valence-corrected chi connectivity index (χ4v) is 1.71. The second-order valence-electron chi connectivity index (χ2n) is 6.09. The molecule has 0 aliphatic heterocycles. The first-order chi connectivity index (χ1) is 8.66. The molecule has 0 heterocycles. The summed E-state index contributed by atoms with van der Waals surface area (Å²) in [4.78, 5) is 25.4. The van der Waals surface area contributed by atoms with E-state index in [2.05, 4.69) is 5.32 Å². The van der Waals surface area contributed by atoms with Gasteiger partial charge in [-0.2, -0.15) is 0 Å². The van der Waals surface area contributed by atoms with Gasteiger partial charge in [0.1, 0.15) is 0 Å². The highest BCUT2D eigenvalue weighted by Gasteiger charge is 2.20. The van der Waals surface area contributed by atoms with E-state index < -0.39 is 0 Å². The molecule has 0 saturated carbocycles. The molecule has 0 aliphatic rings. The molecule has 0 aromatic carbocycles. The first-order valence-electron chi connectivity index (χ1n) is 7.23. The Morgan fingerprint density at radius 2 is 1.53 bits per heavy atom. The molecular formula is C15H30N2O2. The fourth-order valence-electron chi connectivity index (χ4n) is 1.71. The molecule has 0 rings (SSSR count). The number of hydrogen-bond acceptors (Lipinski definition) is 2. The number of carbonyl (C=O) groups excluding carboxylic acids is 2. The van der Waals surface area contributed by atoms with Crippen LogP contribution < -0.4 is 5.32 Å². The maximum Gasteiger partial charge on any atom is 0.225 e. The minimum atomic E-state index is 0.00537. The van der Waals surface area contributed by atoms with E-state index in [1.165, 1.54) is 0 Å². The van der Waals surface area contributed by atoms with E-state index in [0.29, 0.717) is 0 Å².